The standard InChI is InChI=1S/C13H17N3O3S2/c1-14-11-3-2-9(6-12(11)16(18)19)13(17)15-7-10-8-20-4-5-21-10/h2-3,6,10,14H,4-5,7-8H2,1H3,(H,15,17). The number of nitrogens with zero attached hydrogens (tertiary/aromatic N) is 1. The molecule has 1 aliphatic heterocycles. The van der Waals surface area contributed by atoms with Gasteiger partial charge in [0.1, 0.15) is 5.69 Å². The van der Waals surface area contributed by atoms with Gasteiger partial charge in [0.05, 0.1) is 4.92 Å². The lowest BCUT2D eigenvalue weighted by molar-refractivity contribution is -0.384. The highest BCUT2D eigenvalue weighted by molar-refractivity contribution is 8.06. The summed E-state index contributed by atoms with van der Waals surface area (Å²) in [6.07, 6.45) is 0. The van der Waals surface area contributed by atoms with Crippen LogP contribution in [0.5, 0.6) is 0 Å². The Balaban J connectivity index is 2.01. The van der Waals surface area contributed by atoms with Crippen LogP contribution < -0.4 is 10.6 Å². The first kappa shape index (κ1) is 16.0. The third kappa shape index (κ3) is 4.28. The Morgan fingerprint density at radius 3 is 2.90 bits per heavy atom. The van der Waals surface area contributed by atoms with Crippen LogP contribution in [0.15, 0.2) is 18.2 Å². The molecule has 1 saturated heterocycles. The Labute approximate surface area is 131 Å². The van der Waals surface area contributed by atoms with E-state index in [9.17, 15) is 14.9 Å². The lowest BCUT2D eigenvalue weighted by Crippen LogP contribution is -2.33. The van der Waals surface area contributed by atoms with Gasteiger partial charge in [-0.2, -0.15) is 23.5 Å². The van der Waals surface area contributed by atoms with E-state index in [4.69, 9.17) is 0 Å². The van der Waals surface area contributed by atoms with Crippen LogP contribution in [0.3, 0.4) is 0 Å². The summed E-state index contributed by atoms with van der Waals surface area (Å²) in [5.74, 6) is 3.03. The monoisotopic (exact) mass is 327 g/mol. The molecule has 0 radical (unpaired) electrons. The minimum Gasteiger partial charge on any atom is -0.383 e. The molecular weight excluding hydrogens is 310 g/mol. The quantitative estimate of drug-likeness (QED) is 0.637. The number of thioether (sulfide) groups is 2. The molecule has 0 saturated carbocycles. The van der Waals surface area contributed by atoms with Crippen LogP contribution in [0.25, 0.3) is 0 Å². The predicted molar refractivity (Wildman–Crippen MR) is 88.5 cm³/mol. The van der Waals surface area contributed by atoms with Crippen molar-refractivity contribution in [3.8, 4) is 0 Å². The molecule has 0 aliphatic carbocycles. The van der Waals surface area contributed by atoms with Crippen molar-refractivity contribution in [3.63, 3.8) is 0 Å². The fraction of sp³-hybridized carbons (Fsp3) is 0.462. The largest absolute Gasteiger partial charge is 0.383 e. The van der Waals surface area contributed by atoms with E-state index in [2.05, 4.69) is 10.6 Å². The summed E-state index contributed by atoms with van der Waals surface area (Å²) in [4.78, 5) is 22.6. The van der Waals surface area contributed by atoms with Gasteiger partial charge in [-0.15, -0.1) is 0 Å². The van der Waals surface area contributed by atoms with Gasteiger partial charge in [-0.3, -0.25) is 14.9 Å². The SMILES string of the molecule is CNc1ccc(C(=O)NCC2CSCCS2)cc1[N+](=O)[O-]. The average molecular weight is 327 g/mol. The summed E-state index contributed by atoms with van der Waals surface area (Å²) in [6.45, 7) is 0.595. The van der Waals surface area contributed by atoms with Crippen LogP contribution in [-0.4, -0.2) is 46.9 Å². The zero-order valence-electron chi connectivity index (χ0n) is 11.6. The Kier molecular flexibility index (Phi) is 5.75. The minimum absolute atomic E-state index is 0.0900. The normalized spacial score (nSPS) is 18.0. The first-order valence-electron chi connectivity index (χ1n) is 6.55. The molecule has 6 nitrogen and oxygen atoms in total. The Morgan fingerprint density at radius 1 is 1.48 bits per heavy atom. The molecule has 0 bridgehead atoms. The van der Waals surface area contributed by atoms with Gasteiger partial charge in [0.25, 0.3) is 11.6 Å². The molecule has 2 N–H and O–H groups in total. The van der Waals surface area contributed by atoms with Crippen molar-refractivity contribution < 1.29 is 9.72 Å². The van der Waals surface area contributed by atoms with Crippen molar-refractivity contribution in [1.82, 2.24) is 5.32 Å². The first-order chi connectivity index (χ1) is 10.1. The van der Waals surface area contributed by atoms with E-state index in [0.717, 1.165) is 17.3 Å². The van der Waals surface area contributed by atoms with Gasteiger partial charge in [0.2, 0.25) is 0 Å². The van der Waals surface area contributed by atoms with E-state index in [1.54, 1.807) is 19.2 Å². The molecule has 21 heavy (non-hydrogen) atoms. The number of carbonyl (C=O) groups is 1. The number of carbonyl (C=O) groups excluding carboxylic acids is 1. The summed E-state index contributed by atoms with van der Waals surface area (Å²) in [6, 6.07) is 4.46. The Hall–Kier alpha value is -1.41. The summed E-state index contributed by atoms with van der Waals surface area (Å²) < 4.78 is 0. The molecule has 2 rings (SSSR count). The van der Waals surface area contributed by atoms with Gasteiger partial charge < -0.3 is 10.6 Å². The van der Waals surface area contributed by atoms with Gasteiger partial charge in [-0.1, -0.05) is 0 Å². The van der Waals surface area contributed by atoms with E-state index < -0.39 is 4.92 Å². The molecule has 0 aromatic heterocycles. The van der Waals surface area contributed by atoms with Crippen molar-refractivity contribution in [3.05, 3.63) is 33.9 Å². The molecule has 1 heterocycles. The van der Waals surface area contributed by atoms with Crippen molar-refractivity contribution in [2.45, 2.75) is 5.25 Å². The molecule has 1 unspecified atom stereocenters. The van der Waals surface area contributed by atoms with E-state index in [0.29, 0.717) is 23.0 Å². The number of nitro benzene ring substituents is 1. The van der Waals surface area contributed by atoms with Crippen molar-refractivity contribution in [2.75, 3.05) is 36.2 Å². The van der Waals surface area contributed by atoms with E-state index >= 15 is 0 Å². The number of hydrogen-bond donors (Lipinski definition) is 2. The second kappa shape index (κ2) is 7.56. The Bertz CT molecular complexity index is 533. The van der Waals surface area contributed by atoms with Crippen LogP contribution in [0.4, 0.5) is 11.4 Å². The number of nitrogens with one attached hydrogen (secondary N) is 2. The number of rotatable bonds is 5. The van der Waals surface area contributed by atoms with Gasteiger partial charge in [-0.05, 0) is 12.1 Å². The van der Waals surface area contributed by atoms with Crippen LogP contribution >= 0.6 is 23.5 Å². The van der Waals surface area contributed by atoms with E-state index in [1.807, 2.05) is 23.5 Å². The molecule has 8 heteroatoms. The predicted octanol–water partition coefficient (Wildman–Crippen LogP) is 2.21. The van der Waals surface area contributed by atoms with E-state index in [1.165, 1.54) is 6.07 Å². The van der Waals surface area contributed by atoms with E-state index in [-0.39, 0.29) is 11.6 Å². The summed E-state index contributed by atoms with van der Waals surface area (Å²) in [5.41, 5.74) is 0.623. The molecule has 1 amide bonds. The third-order valence-electron chi connectivity index (χ3n) is 3.10. The van der Waals surface area contributed by atoms with Gasteiger partial charge in [-0.25, -0.2) is 0 Å². The van der Waals surface area contributed by atoms with Crippen LogP contribution in [0.2, 0.25) is 0 Å². The second-order valence-electron chi connectivity index (χ2n) is 4.52. The molecule has 1 aliphatic rings. The molecular formula is C13H17N3O3S2. The zero-order valence-corrected chi connectivity index (χ0v) is 13.3. The smallest absolute Gasteiger partial charge is 0.293 e. The first-order valence-corrected chi connectivity index (χ1v) is 8.76. The number of amides is 1. The van der Waals surface area contributed by atoms with Crippen molar-refractivity contribution >= 4 is 40.8 Å². The minimum atomic E-state index is -0.490. The highest BCUT2D eigenvalue weighted by Gasteiger charge is 2.19. The number of benzene rings is 1. The zero-order chi connectivity index (χ0) is 15.2. The lowest BCUT2D eigenvalue weighted by Gasteiger charge is -2.21. The maximum Gasteiger partial charge on any atom is 0.293 e. The molecule has 1 fully saturated rings. The highest BCUT2D eigenvalue weighted by atomic mass is 32.2. The molecule has 1 aromatic rings. The van der Waals surface area contributed by atoms with Crippen LogP contribution in [-0.2, 0) is 0 Å². The number of anilines is 1. The summed E-state index contributed by atoms with van der Waals surface area (Å²) >= 11 is 3.75. The summed E-state index contributed by atoms with van der Waals surface area (Å²) in [5, 5.41) is 17.0. The topological polar surface area (TPSA) is 84.3 Å². The third-order valence-corrected chi connectivity index (χ3v) is 5.95. The van der Waals surface area contributed by atoms with Crippen LogP contribution in [0.1, 0.15) is 10.4 Å². The number of nitro groups is 1. The van der Waals surface area contributed by atoms with Crippen molar-refractivity contribution in [2.24, 2.45) is 0 Å². The van der Waals surface area contributed by atoms with Gasteiger partial charge >= 0.3 is 0 Å². The maximum atomic E-state index is 12.1. The molecule has 114 valence electrons. The maximum absolute atomic E-state index is 12.1. The Morgan fingerprint density at radius 2 is 2.29 bits per heavy atom. The van der Waals surface area contributed by atoms with Crippen LogP contribution in [0, 0.1) is 10.1 Å². The summed E-state index contributed by atoms with van der Waals surface area (Å²) in [7, 11) is 1.61. The molecule has 1 aromatic carbocycles. The van der Waals surface area contributed by atoms with Gasteiger partial charge in [0, 0.05) is 47.7 Å². The fourth-order valence-electron chi connectivity index (χ4n) is 2.00. The van der Waals surface area contributed by atoms with Gasteiger partial charge in [0.15, 0.2) is 0 Å². The highest BCUT2D eigenvalue weighted by Crippen LogP contribution is 2.25. The second-order valence-corrected chi connectivity index (χ2v) is 7.07. The fourth-order valence-corrected chi connectivity index (χ4v) is 4.61. The lowest BCUT2D eigenvalue weighted by atomic mass is 10.1. The molecule has 1 atom stereocenters. The van der Waals surface area contributed by atoms with Crippen molar-refractivity contribution in [1.29, 1.82) is 0 Å². The average Bonchev–Trinajstić information content (AvgIpc) is 2.52. The molecule has 0 spiro atoms. The number of hydrogen-bond acceptors (Lipinski definition) is 6.